The second kappa shape index (κ2) is 16.5. The van der Waals surface area contributed by atoms with E-state index in [4.69, 9.17) is 15.9 Å². The maximum atomic E-state index is 5.41. The second-order valence-electron chi connectivity index (χ2n) is 4.72. The molecule has 0 N–H and O–H groups in total. The van der Waals surface area contributed by atoms with Crippen LogP contribution < -0.4 is 0 Å². The molecule has 0 aromatic heterocycles. The monoisotopic (exact) mass is 254 g/mol. The molecule has 0 aliphatic heterocycles. The minimum absolute atomic E-state index is 0.456. The summed E-state index contributed by atoms with van der Waals surface area (Å²) < 4.78 is 10.8. The highest BCUT2D eigenvalue weighted by molar-refractivity contribution is 4.82. The van der Waals surface area contributed by atoms with Crippen molar-refractivity contribution in [2.24, 2.45) is 0 Å². The molecule has 2 heteroatoms. The van der Waals surface area contributed by atoms with E-state index < -0.39 is 0 Å². The molecule has 0 saturated carbocycles. The molecule has 0 aliphatic rings. The zero-order valence-electron chi connectivity index (χ0n) is 12.1. The van der Waals surface area contributed by atoms with Gasteiger partial charge in [-0.05, 0) is 19.3 Å². The molecule has 0 amide bonds. The number of hydrogen-bond donors (Lipinski definition) is 0. The van der Waals surface area contributed by atoms with Gasteiger partial charge in [0.15, 0.2) is 0 Å². The summed E-state index contributed by atoms with van der Waals surface area (Å²) in [6.07, 6.45) is 17.2. The van der Waals surface area contributed by atoms with E-state index in [1.54, 1.807) is 0 Å². The van der Waals surface area contributed by atoms with Gasteiger partial charge in [0.1, 0.15) is 6.79 Å². The van der Waals surface area contributed by atoms with Gasteiger partial charge in [-0.15, -0.1) is 12.3 Å². The first kappa shape index (κ1) is 17.5. The molecule has 0 aromatic rings. The van der Waals surface area contributed by atoms with Gasteiger partial charge >= 0.3 is 0 Å². The minimum Gasteiger partial charge on any atom is -0.355 e. The van der Waals surface area contributed by atoms with E-state index in [0.29, 0.717) is 6.79 Å². The molecule has 0 aliphatic carbocycles. The summed E-state index contributed by atoms with van der Waals surface area (Å²) in [5.74, 6) is 2.66. The largest absolute Gasteiger partial charge is 0.355 e. The number of ether oxygens (including phenoxy) is 2. The standard InChI is InChI=1S/C16H30O2/c1-3-5-7-9-11-13-15-18-16-17-14-12-10-8-6-4-2/h1H,4-16H2,2H3. The highest BCUT2D eigenvalue weighted by Crippen LogP contribution is 2.03. The summed E-state index contributed by atoms with van der Waals surface area (Å²) in [5.41, 5.74) is 0. The number of terminal acetylenes is 1. The number of unbranched alkanes of at least 4 members (excludes halogenated alkanes) is 8. The van der Waals surface area contributed by atoms with Crippen molar-refractivity contribution in [3.05, 3.63) is 0 Å². The molecule has 0 saturated heterocycles. The topological polar surface area (TPSA) is 18.5 Å². The van der Waals surface area contributed by atoms with Gasteiger partial charge in [-0.1, -0.05) is 45.4 Å². The Morgan fingerprint density at radius 3 is 1.89 bits per heavy atom. The van der Waals surface area contributed by atoms with Gasteiger partial charge in [0.25, 0.3) is 0 Å². The highest BCUT2D eigenvalue weighted by Gasteiger charge is 1.92. The van der Waals surface area contributed by atoms with E-state index in [0.717, 1.165) is 38.9 Å². The molecule has 0 bridgehead atoms. The van der Waals surface area contributed by atoms with Gasteiger partial charge in [0, 0.05) is 19.6 Å². The second-order valence-corrected chi connectivity index (χ2v) is 4.72. The van der Waals surface area contributed by atoms with E-state index in [-0.39, 0.29) is 0 Å². The lowest BCUT2D eigenvalue weighted by atomic mass is 10.1. The fraction of sp³-hybridized carbons (Fsp3) is 0.875. The van der Waals surface area contributed by atoms with E-state index in [1.807, 2.05) is 0 Å². The van der Waals surface area contributed by atoms with Crippen molar-refractivity contribution in [2.45, 2.75) is 71.1 Å². The molecule has 0 fully saturated rings. The van der Waals surface area contributed by atoms with Crippen molar-refractivity contribution in [1.82, 2.24) is 0 Å². The Morgan fingerprint density at radius 2 is 1.33 bits per heavy atom. The molecular formula is C16H30O2. The average molecular weight is 254 g/mol. The number of rotatable bonds is 14. The smallest absolute Gasteiger partial charge is 0.146 e. The van der Waals surface area contributed by atoms with Crippen molar-refractivity contribution < 1.29 is 9.47 Å². The Bertz CT molecular complexity index is 184. The lowest BCUT2D eigenvalue weighted by molar-refractivity contribution is -0.0555. The molecule has 0 radical (unpaired) electrons. The normalized spacial score (nSPS) is 10.4. The molecule has 106 valence electrons. The van der Waals surface area contributed by atoms with Gasteiger partial charge in [-0.2, -0.15) is 0 Å². The summed E-state index contributed by atoms with van der Waals surface area (Å²) in [6.45, 7) is 4.34. The van der Waals surface area contributed by atoms with Gasteiger partial charge in [-0.25, -0.2) is 0 Å². The van der Waals surface area contributed by atoms with Crippen LogP contribution in [0.1, 0.15) is 71.1 Å². The Labute approximate surface area is 113 Å². The predicted octanol–water partition coefficient (Wildman–Crippen LogP) is 4.53. The molecule has 0 unspecified atom stereocenters. The molecule has 0 rings (SSSR count). The van der Waals surface area contributed by atoms with Crippen LogP contribution in [0, 0.1) is 12.3 Å². The first-order valence-electron chi connectivity index (χ1n) is 7.50. The van der Waals surface area contributed by atoms with Crippen molar-refractivity contribution in [3.63, 3.8) is 0 Å². The van der Waals surface area contributed by atoms with Crippen LogP contribution in [0.15, 0.2) is 0 Å². The summed E-state index contributed by atoms with van der Waals surface area (Å²) in [5, 5.41) is 0. The molecular weight excluding hydrogens is 224 g/mol. The molecule has 0 aromatic carbocycles. The van der Waals surface area contributed by atoms with E-state index in [9.17, 15) is 0 Å². The van der Waals surface area contributed by atoms with Crippen LogP contribution >= 0.6 is 0 Å². The quantitative estimate of drug-likeness (QED) is 0.257. The van der Waals surface area contributed by atoms with E-state index >= 15 is 0 Å². The fourth-order valence-electron chi connectivity index (χ4n) is 1.77. The van der Waals surface area contributed by atoms with Crippen LogP contribution in [0.3, 0.4) is 0 Å². The summed E-state index contributed by atoms with van der Waals surface area (Å²) in [4.78, 5) is 0. The summed E-state index contributed by atoms with van der Waals surface area (Å²) >= 11 is 0. The van der Waals surface area contributed by atoms with Gasteiger partial charge in [0.2, 0.25) is 0 Å². The van der Waals surface area contributed by atoms with Crippen molar-refractivity contribution in [2.75, 3.05) is 20.0 Å². The third-order valence-electron chi connectivity index (χ3n) is 2.92. The predicted molar refractivity (Wildman–Crippen MR) is 77.4 cm³/mol. The third-order valence-corrected chi connectivity index (χ3v) is 2.92. The van der Waals surface area contributed by atoms with Crippen LogP contribution in [-0.4, -0.2) is 20.0 Å². The molecule has 0 spiro atoms. The highest BCUT2D eigenvalue weighted by atomic mass is 16.7. The Hall–Kier alpha value is -0.520. The van der Waals surface area contributed by atoms with Gasteiger partial charge in [0.05, 0.1) is 0 Å². The van der Waals surface area contributed by atoms with Crippen LogP contribution in [0.4, 0.5) is 0 Å². The first-order chi connectivity index (χ1) is 8.91. The Morgan fingerprint density at radius 1 is 0.778 bits per heavy atom. The van der Waals surface area contributed by atoms with Crippen molar-refractivity contribution in [1.29, 1.82) is 0 Å². The van der Waals surface area contributed by atoms with Gasteiger partial charge in [-0.3, -0.25) is 0 Å². The summed E-state index contributed by atoms with van der Waals surface area (Å²) in [6, 6.07) is 0. The van der Waals surface area contributed by atoms with E-state index in [1.165, 1.54) is 38.5 Å². The fourth-order valence-corrected chi connectivity index (χ4v) is 1.77. The van der Waals surface area contributed by atoms with E-state index in [2.05, 4.69) is 12.8 Å². The zero-order chi connectivity index (χ0) is 13.3. The van der Waals surface area contributed by atoms with Gasteiger partial charge < -0.3 is 9.47 Å². The SMILES string of the molecule is C#CCCCCCCOCOCCCCCCC. The zero-order valence-corrected chi connectivity index (χ0v) is 12.1. The van der Waals surface area contributed by atoms with Crippen LogP contribution in [0.5, 0.6) is 0 Å². The molecule has 2 nitrogen and oxygen atoms in total. The molecule has 0 heterocycles. The van der Waals surface area contributed by atoms with Crippen LogP contribution in [0.25, 0.3) is 0 Å². The maximum Gasteiger partial charge on any atom is 0.146 e. The average Bonchev–Trinajstić information content (AvgIpc) is 2.39. The maximum absolute atomic E-state index is 5.41. The van der Waals surface area contributed by atoms with Crippen molar-refractivity contribution >= 4 is 0 Å². The van der Waals surface area contributed by atoms with Crippen molar-refractivity contribution in [3.8, 4) is 12.3 Å². The Balaban J connectivity index is 2.89. The Kier molecular flexibility index (Phi) is 16.0. The van der Waals surface area contributed by atoms with Crippen LogP contribution in [0.2, 0.25) is 0 Å². The third kappa shape index (κ3) is 15.5. The lowest BCUT2D eigenvalue weighted by Gasteiger charge is -2.05. The number of hydrogen-bond acceptors (Lipinski definition) is 2. The van der Waals surface area contributed by atoms with Crippen LogP contribution in [-0.2, 0) is 9.47 Å². The lowest BCUT2D eigenvalue weighted by Crippen LogP contribution is -2.03. The molecule has 18 heavy (non-hydrogen) atoms. The molecule has 0 atom stereocenters. The first-order valence-corrected chi connectivity index (χ1v) is 7.50. The minimum atomic E-state index is 0.456. The summed E-state index contributed by atoms with van der Waals surface area (Å²) in [7, 11) is 0.